The molecule has 0 aromatic carbocycles. The first-order chi connectivity index (χ1) is 9.97. The summed E-state index contributed by atoms with van der Waals surface area (Å²) in [6.07, 6.45) is 1.48. The third-order valence-corrected chi connectivity index (χ3v) is 3.16. The number of aliphatic hydroxyl groups is 1. The molecule has 0 amide bonds. The topological polar surface area (TPSA) is 100 Å². The van der Waals surface area contributed by atoms with E-state index in [0.717, 1.165) is 6.42 Å². The van der Waals surface area contributed by atoms with Crippen molar-refractivity contribution in [2.24, 2.45) is 5.92 Å². The van der Waals surface area contributed by atoms with Crippen LogP contribution in [0.25, 0.3) is 0 Å². The van der Waals surface area contributed by atoms with E-state index in [0.29, 0.717) is 24.6 Å². The molecule has 1 aromatic heterocycles. The summed E-state index contributed by atoms with van der Waals surface area (Å²) in [7, 11) is 0. The summed E-state index contributed by atoms with van der Waals surface area (Å²) >= 11 is 0. The second-order valence-electron chi connectivity index (χ2n) is 5.29. The maximum atomic E-state index is 11.0. The second-order valence-corrected chi connectivity index (χ2v) is 5.29. The molecule has 21 heavy (non-hydrogen) atoms. The molecular weight excluding hydrogens is 272 g/mol. The molecule has 0 aliphatic heterocycles. The van der Waals surface area contributed by atoms with Gasteiger partial charge in [-0.1, -0.05) is 20.8 Å². The standard InChI is InChI=1S/C14H24N4O3/c1-4-6-15-13-8-11(18(20)21)9-14(17-13)16-12(5-7-19)10(2)3/h8-10,12,19H,4-7H2,1-3H3,(H2,15,16,17). The van der Waals surface area contributed by atoms with Crippen LogP contribution in [0.3, 0.4) is 0 Å². The van der Waals surface area contributed by atoms with Crippen LogP contribution >= 0.6 is 0 Å². The number of nitrogens with zero attached hydrogens (tertiary/aromatic N) is 2. The number of pyridine rings is 1. The molecule has 0 saturated heterocycles. The lowest BCUT2D eigenvalue weighted by molar-refractivity contribution is -0.384. The Balaban J connectivity index is 2.98. The summed E-state index contributed by atoms with van der Waals surface area (Å²) in [5, 5.41) is 26.3. The van der Waals surface area contributed by atoms with Crippen molar-refractivity contribution in [2.45, 2.75) is 39.7 Å². The van der Waals surface area contributed by atoms with Gasteiger partial charge in [-0.3, -0.25) is 10.1 Å². The molecule has 3 N–H and O–H groups in total. The van der Waals surface area contributed by atoms with Gasteiger partial charge in [-0.2, -0.15) is 0 Å². The number of anilines is 2. The molecule has 1 rings (SSSR count). The van der Waals surface area contributed by atoms with E-state index in [-0.39, 0.29) is 24.3 Å². The minimum Gasteiger partial charge on any atom is -0.396 e. The van der Waals surface area contributed by atoms with E-state index in [4.69, 9.17) is 5.11 Å². The van der Waals surface area contributed by atoms with Gasteiger partial charge in [0.25, 0.3) is 5.69 Å². The molecule has 1 heterocycles. The highest BCUT2D eigenvalue weighted by molar-refractivity contribution is 5.55. The molecule has 0 radical (unpaired) electrons. The van der Waals surface area contributed by atoms with Crippen LogP contribution in [-0.4, -0.2) is 34.2 Å². The highest BCUT2D eigenvalue weighted by atomic mass is 16.6. The SMILES string of the molecule is CCCNc1cc([N+](=O)[O-])cc(NC(CCO)C(C)C)n1. The van der Waals surface area contributed by atoms with Crippen molar-refractivity contribution in [1.82, 2.24) is 4.98 Å². The first-order valence-corrected chi connectivity index (χ1v) is 7.25. The molecule has 0 saturated carbocycles. The quantitative estimate of drug-likeness (QED) is 0.478. The van der Waals surface area contributed by atoms with Crippen LogP contribution in [0, 0.1) is 16.0 Å². The zero-order chi connectivity index (χ0) is 15.8. The molecule has 1 atom stereocenters. The van der Waals surface area contributed by atoms with E-state index >= 15 is 0 Å². The van der Waals surface area contributed by atoms with Crippen molar-refractivity contribution in [1.29, 1.82) is 0 Å². The number of nitrogens with one attached hydrogen (secondary N) is 2. The predicted molar refractivity (Wildman–Crippen MR) is 83.6 cm³/mol. The molecule has 7 nitrogen and oxygen atoms in total. The summed E-state index contributed by atoms with van der Waals surface area (Å²) in [6.45, 7) is 6.84. The van der Waals surface area contributed by atoms with E-state index in [2.05, 4.69) is 15.6 Å². The van der Waals surface area contributed by atoms with Crippen LogP contribution in [0.5, 0.6) is 0 Å². The van der Waals surface area contributed by atoms with E-state index in [9.17, 15) is 10.1 Å². The van der Waals surface area contributed by atoms with Gasteiger partial charge in [0.2, 0.25) is 0 Å². The first-order valence-electron chi connectivity index (χ1n) is 7.25. The Labute approximate surface area is 124 Å². The maximum Gasteiger partial charge on any atom is 0.276 e. The largest absolute Gasteiger partial charge is 0.396 e. The Hall–Kier alpha value is -1.89. The minimum absolute atomic E-state index is 0.00222. The van der Waals surface area contributed by atoms with Crippen LogP contribution < -0.4 is 10.6 Å². The van der Waals surface area contributed by atoms with Crippen LogP contribution in [0.15, 0.2) is 12.1 Å². The summed E-state index contributed by atoms with van der Waals surface area (Å²) in [4.78, 5) is 14.9. The molecule has 7 heteroatoms. The minimum atomic E-state index is -0.430. The molecule has 1 unspecified atom stereocenters. The number of aliphatic hydroxyl groups excluding tert-OH is 1. The number of aromatic nitrogens is 1. The van der Waals surface area contributed by atoms with Crippen LogP contribution in [0.2, 0.25) is 0 Å². The predicted octanol–water partition coefficient (Wildman–Crippen LogP) is 2.63. The van der Waals surface area contributed by atoms with Gasteiger partial charge >= 0.3 is 0 Å². The van der Waals surface area contributed by atoms with Gasteiger partial charge in [0.15, 0.2) is 0 Å². The molecule has 0 aliphatic rings. The number of rotatable bonds is 9. The highest BCUT2D eigenvalue weighted by Crippen LogP contribution is 2.22. The highest BCUT2D eigenvalue weighted by Gasteiger charge is 2.16. The van der Waals surface area contributed by atoms with Gasteiger partial charge in [0.1, 0.15) is 11.6 Å². The average molecular weight is 296 g/mol. The fraction of sp³-hybridized carbons (Fsp3) is 0.643. The number of hydrogen-bond acceptors (Lipinski definition) is 6. The Bertz CT molecular complexity index is 466. The normalized spacial score (nSPS) is 12.2. The Morgan fingerprint density at radius 1 is 1.38 bits per heavy atom. The monoisotopic (exact) mass is 296 g/mol. The van der Waals surface area contributed by atoms with E-state index < -0.39 is 4.92 Å². The fourth-order valence-corrected chi connectivity index (χ4v) is 1.94. The van der Waals surface area contributed by atoms with Crippen molar-refractivity contribution in [3.63, 3.8) is 0 Å². The van der Waals surface area contributed by atoms with Crippen LogP contribution in [0.1, 0.15) is 33.6 Å². The van der Waals surface area contributed by atoms with Gasteiger partial charge < -0.3 is 15.7 Å². The van der Waals surface area contributed by atoms with Gasteiger partial charge in [-0.05, 0) is 18.8 Å². The van der Waals surface area contributed by atoms with Crippen LogP contribution in [0.4, 0.5) is 17.3 Å². The first kappa shape index (κ1) is 17.2. The average Bonchev–Trinajstić information content (AvgIpc) is 2.44. The van der Waals surface area contributed by atoms with Gasteiger partial charge in [0, 0.05) is 19.2 Å². The van der Waals surface area contributed by atoms with Gasteiger partial charge in [0.05, 0.1) is 17.1 Å². The van der Waals surface area contributed by atoms with E-state index in [1.807, 2.05) is 20.8 Å². The van der Waals surface area contributed by atoms with Crippen molar-refractivity contribution in [3.05, 3.63) is 22.2 Å². The fourth-order valence-electron chi connectivity index (χ4n) is 1.94. The van der Waals surface area contributed by atoms with Crippen molar-refractivity contribution in [3.8, 4) is 0 Å². The zero-order valence-electron chi connectivity index (χ0n) is 12.8. The Morgan fingerprint density at radius 2 is 2.05 bits per heavy atom. The van der Waals surface area contributed by atoms with Crippen molar-refractivity contribution >= 4 is 17.3 Å². The zero-order valence-corrected chi connectivity index (χ0v) is 12.8. The van der Waals surface area contributed by atoms with Crippen molar-refractivity contribution < 1.29 is 10.0 Å². The molecule has 0 spiro atoms. The summed E-state index contributed by atoms with van der Waals surface area (Å²) in [6, 6.07) is 2.87. The third-order valence-electron chi connectivity index (χ3n) is 3.16. The second kappa shape index (κ2) is 8.41. The van der Waals surface area contributed by atoms with Crippen LogP contribution in [-0.2, 0) is 0 Å². The van der Waals surface area contributed by atoms with E-state index in [1.165, 1.54) is 12.1 Å². The van der Waals surface area contributed by atoms with E-state index in [1.54, 1.807) is 0 Å². The van der Waals surface area contributed by atoms with Gasteiger partial charge in [-0.15, -0.1) is 0 Å². The number of nitro groups is 1. The lowest BCUT2D eigenvalue weighted by atomic mass is 10.0. The molecular formula is C14H24N4O3. The smallest absolute Gasteiger partial charge is 0.276 e. The van der Waals surface area contributed by atoms with Crippen molar-refractivity contribution in [2.75, 3.05) is 23.8 Å². The maximum absolute atomic E-state index is 11.0. The molecule has 1 aromatic rings. The third kappa shape index (κ3) is 5.55. The molecule has 0 fully saturated rings. The lowest BCUT2D eigenvalue weighted by Gasteiger charge is -2.22. The lowest BCUT2D eigenvalue weighted by Crippen LogP contribution is -2.27. The molecule has 0 bridgehead atoms. The Kier molecular flexibility index (Phi) is 6.87. The summed E-state index contributed by atoms with van der Waals surface area (Å²) in [5.41, 5.74) is -0.00222. The molecule has 118 valence electrons. The van der Waals surface area contributed by atoms with Gasteiger partial charge in [-0.25, -0.2) is 4.98 Å². The molecule has 0 aliphatic carbocycles. The Morgan fingerprint density at radius 3 is 2.57 bits per heavy atom. The summed E-state index contributed by atoms with van der Waals surface area (Å²) in [5.74, 6) is 1.22. The summed E-state index contributed by atoms with van der Waals surface area (Å²) < 4.78 is 0. The number of hydrogen-bond donors (Lipinski definition) is 3.